The van der Waals surface area contributed by atoms with Gasteiger partial charge >= 0.3 is 5.97 Å². The van der Waals surface area contributed by atoms with E-state index in [0.29, 0.717) is 24.8 Å². The molecule has 1 aliphatic rings. The minimum atomic E-state index is -0.244. The van der Waals surface area contributed by atoms with Gasteiger partial charge < -0.3 is 9.53 Å². The molecule has 1 saturated heterocycles. The highest BCUT2D eigenvalue weighted by Gasteiger charge is 2.26. The largest absolute Gasteiger partial charge is 0.454 e. The van der Waals surface area contributed by atoms with Crippen LogP contribution >= 0.6 is 0 Å². The number of ether oxygens (including phenoxy) is 1. The summed E-state index contributed by atoms with van der Waals surface area (Å²) in [7, 11) is 0. The molecule has 1 heterocycles. The minimum absolute atomic E-state index is 0.124. The van der Waals surface area contributed by atoms with Crippen LogP contribution in [0.3, 0.4) is 0 Å². The van der Waals surface area contributed by atoms with E-state index in [1.165, 1.54) is 0 Å². The molecule has 3 heteroatoms. The molecule has 1 aliphatic heterocycles. The predicted molar refractivity (Wildman–Crippen MR) is 61.9 cm³/mol. The molecular weight excluding hydrogens is 204 g/mol. The normalized spacial score (nSPS) is 22.1. The maximum atomic E-state index is 11.4. The van der Waals surface area contributed by atoms with Crippen molar-refractivity contribution >= 4 is 11.8 Å². The monoisotopic (exact) mass is 222 g/mol. The van der Waals surface area contributed by atoms with Crippen molar-refractivity contribution < 1.29 is 14.3 Å². The number of carbonyl (C=O) groups excluding carboxylic acids is 2. The van der Waals surface area contributed by atoms with Gasteiger partial charge in [0.15, 0.2) is 0 Å². The summed E-state index contributed by atoms with van der Waals surface area (Å²) in [6, 6.07) is 0. The molecule has 1 fully saturated rings. The van der Waals surface area contributed by atoms with E-state index >= 15 is 0 Å². The number of cyclic esters (lactones) is 1. The van der Waals surface area contributed by atoms with Crippen LogP contribution in [0, 0.1) is 0 Å². The second-order valence-electron chi connectivity index (χ2n) is 4.36. The van der Waals surface area contributed by atoms with Gasteiger partial charge in [-0.25, -0.2) is 4.79 Å². The van der Waals surface area contributed by atoms with E-state index in [9.17, 15) is 9.59 Å². The van der Waals surface area contributed by atoms with Crippen LogP contribution in [0.5, 0.6) is 0 Å². The van der Waals surface area contributed by atoms with Gasteiger partial charge in [0.2, 0.25) is 0 Å². The predicted octanol–water partition coefficient (Wildman–Crippen LogP) is 2.56. The average molecular weight is 222 g/mol. The quantitative estimate of drug-likeness (QED) is 0.417. The van der Waals surface area contributed by atoms with Crippen molar-refractivity contribution in [3.63, 3.8) is 0 Å². The van der Waals surface area contributed by atoms with Crippen LogP contribution in [0.4, 0.5) is 0 Å². The molecule has 0 N–H and O–H groups in total. The zero-order chi connectivity index (χ0) is 12.1. The number of hydrogen-bond acceptors (Lipinski definition) is 3. The van der Waals surface area contributed by atoms with E-state index < -0.39 is 0 Å². The summed E-state index contributed by atoms with van der Waals surface area (Å²) in [6.07, 6.45) is 5.39. The van der Waals surface area contributed by atoms with E-state index in [2.05, 4.69) is 0 Å². The molecule has 0 aromatic heterocycles. The van der Waals surface area contributed by atoms with E-state index in [1.807, 2.05) is 26.0 Å². The van der Waals surface area contributed by atoms with Crippen LogP contribution in [0.15, 0.2) is 23.3 Å². The summed E-state index contributed by atoms with van der Waals surface area (Å²) in [4.78, 5) is 22.2. The highest BCUT2D eigenvalue weighted by molar-refractivity contribution is 5.91. The molecule has 1 unspecified atom stereocenters. The maximum Gasteiger partial charge on any atom is 0.334 e. The zero-order valence-corrected chi connectivity index (χ0v) is 10.1. The molecule has 1 rings (SSSR count). The number of rotatable bonds is 4. The molecule has 0 aromatic carbocycles. The maximum absolute atomic E-state index is 11.4. The number of hydrogen-bond donors (Lipinski definition) is 0. The van der Waals surface area contributed by atoms with Crippen LogP contribution < -0.4 is 0 Å². The van der Waals surface area contributed by atoms with Crippen LogP contribution in [0.2, 0.25) is 0 Å². The molecule has 0 aromatic rings. The van der Waals surface area contributed by atoms with Crippen molar-refractivity contribution in [1.29, 1.82) is 0 Å². The van der Waals surface area contributed by atoms with Crippen molar-refractivity contribution in [2.75, 3.05) is 0 Å². The van der Waals surface area contributed by atoms with Crippen molar-refractivity contribution in [1.82, 2.24) is 0 Å². The molecule has 3 nitrogen and oxygen atoms in total. The first-order chi connectivity index (χ1) is 7.49. The van der Waals surface area contributed by atoms with Gasteiger partial charge in [0.1, 0.15) is 11.9 Å². The van der Waals surface area contributed by atoms with E-state index in [4.69, 9.17) is 4.74 Å². The standard InChI is InChI=1S/C13H18O3/c1-9(2)7-12-8-11(13(15)16-12)6-4-5-10(3)14/h6-7,12H,4-5,8H2,1-3H3/b11-6+. The number of esters is 1. The third kappa shape index (κ3) is 4.01. The molecule has 0 bridgehead atoms. The highest BCUT2D eigenvalue weighted by Crippen LogP contribution is 2.22. The molecule has 0 radical (unpaired) electrons. The number of ketones is 1. The lowest BCUT2D eigenvalue weighted by Gasteiger charge is -2.01. The molecule has 0 spiro atoms. The summed E-state index contributed by atoms with van der Waals surface area (Å²) in [5, 5.41) is 0. The molecule has 0 saturated carbocycles. The summed E-state index contributed by atoms with van der Waals surface area (Å²) in [5.74, 6) is -0.102. The Bertz CT molecular complexity index is 346. The molecule has 0 aliphatic carbocycles. The number of Topliss-reactive ketones (excluding diaryl/α,β-unsaturated/α-hetero) is 1. The summed E-state index contributed by atoms with van der Waals surface area (Å²) >= 11 is 0. The van der Waals surface area contributed by atoms with Gasteiger partial charge in [-0.1, -0.05) is 11.6 Å². The van der Waals surface area contributed by atoms with E-state index in [1.54, 1.807) is 6.92 Å². The second kappa shape index (κ2) is 5.64. The average Bonchev–Trinajstić information content (AvgIpc) is 2.45. The Balaban J connectivity index is 2.54. The highest BCUT2D eigenvalue weighted by atomic mass is 16.5. The summed E-state index contributed by atoms with van der Waals surface area (Å²) in [6.45, 7) is 5.51. The Morgan fingerprint density at radius 2 is 2.12 bits per heavy atom. The summed E-state index contributed by atoms with van der Waals surface area (Å²) in [5.41, 5.74) is 1.84. The second-order valence-corrected chi connectivity index (χ2v) is 4.36. The number of allylic oxidation sites excluding steroid dienone is 2. The Hall–Kier alpha value is -1.38. The first kappa shape index (κ1) is 12.7. The molecule has 16 heavy (non-hydrogen) atoms. The Labute approximate surface area is 96.2 Å². The van der Waals surface area contributed by atoms with Gasteiger partial charge in [-0.2, -0.15) is 0 Å². The minimum Gasteiger partial charge on any atom is -0.454 e. The van der Waals surface area contributed by atoms with Gasteiger partial charge in [-0.3, -0.25) is 0 Å². The molecule has 0 amide bonds. The molecular formula is C13H18O3. The lowest BCUT2D eigenvalue weighted by molar-refractivity contribution is -0.137. The van der Waals surface area contributed by atoms with E-state index in [0.717, 1.165) is 5.57 Å². The third-order valence-corrected chi connectivity index (χ3v) is 2.35. The third-order valence-electron chi connectivity index (χ3n) is 2.35. The van der Waals surface area contributed by atoms with Crippen molar-refractivity contribution in [2.24, 2.45) is 0 Å². The van der Waals surface area contributed by atoms with Gasteiger partial charge in [0.05, 0.1) is 0 Å². The molecule has 1 atom stereocenters. The Kier molecular flexibility index (Phi) is 4.47. The van der Waals surface area contributed by atoms with Crippen LogP contribution in [-0.2, 0) is 14.3 Å². The van der Waals surface area contributed by atoms with Crippen molar-refractivity contribution in [2.45, 2.75) is 46.1 Å². The first-order valence-electron chi connectivity index (χ1n) is 5.53. The Morgan fingerprint density at radius 3 is 2.69 bits per heavy atom. The number of carbonyl (C=O) groups is 2. The SMILES string of the molecule is CC(=O)CC/C=C1\CC(C=C(C)C)OC1=O. The van der Waals surface area contributed by atoms with Crippen molar-refractivity contribution in [3.8, 4) is 0 Å². The lowest BCUT2D eigenvalue weighted by atomic mass is 10.1. The smallest absolute Gasteiger partial charge is 0.334 e. The van der Waals surface area contributed by atoms with Gasteiger partial charge in [0, 0.05) is 18.4 Å². The van der Waals surface area contributed by atoms with Gasteiger partial charge in [-0.05, 0) is 33.3 Å². The fraction of sp³-hybridized carbons (Fsp3) is 0.538. The zero-order valence-electron chi connectivity index (χ0n) is 10.1. The lowest BCUT2D eigenvalue weighted by Crippen LogP contribution is -2.02. The first-order valence-corrected chi connectivity index (χ1v) is 5.53. The van der Waals surface area contributed by atoms with Crippen LogP contribution in [0.1, 0.15) is 40.0 Å². The van der Waals surface area contributed by atoms with Gasteiger partial charge in [0.25, 0.3) is 0 Å². The fourth-order valence-corrected chi connectivity index (χ4v) is 1.64. The van der Waals surface area contributed by atoms with Crippen LogP contribution in [0.25, 0.3) is 0 Å². The molecule has 88 valence electrons. The van der Waals surface area contributed by atoms with E-state index in [-0.39, 0.29) is 17.9 Å². The fourth-order valence-electron chi connectivity index (χ4n) is 1.64. The van der Waals surface area contributed by atoms with Crippen molar-refractivity contribution in [3.05, 3.63) is 23.3 Å². The van der Waals surface area contributed by atoms with Gasteiger partial charge in [-0.15, -0.1) is 0 Å². The van der Waals surface area contributed by atoms with Crippen LogP contribution in [-0.4, -0.2) is 17.9 Å². The summed E-state index contributed by atoms with van der Waals surface area (Å²) < 4.78 is 5.17. The Morgan fingerprint density at radius 1 is 1.44 bits per heavy atom. The topological polar surface area (TPSA) is 43.4 Å².